The van der Waals surface area contributed by atoms with Crippen LogP contribution in [0.4, 0.5) is 4.79 Å². The van der Waals surface area contributed by atoms with Crippen molar-refractivity contribution in [1.29, 1.82) is 0 Å². The maximum Gasteiger partial charge on any atom is 0.410 e. The van der Waals surface area contributed by atoms with E-state index in [9.17, 15) is 9.90 Å². The van der Waals surface area contributed by atoms with Crippen molar-refractivity contribution in [1.82, 2.24) is 9.80 Å². The molecule has 0 aliphatic carbocycles. The molecular formula is C28H32N2O4. The van der Waals surface area contributed by atoms with Crippen LogP contribution in [0.25, 0.3) is 10.8 Å². The second-order valence-corrected chi connectivity index (χ2v) is 9.29. The number of aliphatic hydroxyl groups excluding tert-OH is 1. The minimum atomic E-state index is -0.568. The molecule has 2 saturated heterocycles. The molecule has 0 saturated carbocycles. The standard InChI is InChI=1S/C28H32N2O4/c31-26(20-34-27-8-4-3-7-25(27)18-30-15-16-33-28(30)32)19-29-13-11-22(12-14-29)24-10-9-21-5-1-2-6-23(21)17-24/h1-10,17,22,26,31H,11-16,18-20H2. The second kappa shape index (κ2) is 10.5. The van der Waals surface area contributed by atoms with Crippen molar-refractivity contribution in [3.05, 3.63) is 77.9 Å². The molecule has 1 amide bonds. The van der Waals surface area contributed by atoms with E-state index in [0.29, 0.717) is 37.9 Å². The van der Waals surface area contributed by atoms with Crippen LogP contribution in [0.1, 0.15) is 29.9 Å². The monoisotopic (exact) mass is 460 g/mol. The summed E-state index contributed by atoms with van der Waals surface area (Å²) in [6, 6.07) is 23.0. The van der Waals surface area contributed by atoms with Crippen LogP contribution in [-0.2, 0) is 11.3 Å². The van der Waals surface area contributed by atoms with Gasteiger partial charge in [0.1, 0.15) is 25.1 Å². The number of rotatable bonds is 8. The normalized spacial score (nSPS) is 18.3. The summed E-state index contributed by atoms with van der Waals surface area (Å²) < 4.78 is 11.0. The Labute approximate surface area is 200 Å². The fourth-order valence-corrected chi connectivity index (χ4v) is 5.00. The zero-order chi connectivity index (χ0) is 23.3. The van der Waals surface area contributed by atoms with E-state index in [1.54, 1.807) is 4.90 Å². The van der Waals surface area contributed by atoms with Crippen molar-refractivity contribution in [2.75, 3.05) is 39.4 Å². The van der Waals surface area contributed by atoms with Gasteiger partial charge in [-0.3, -0.25) is 0 Å². The molecule has 6 heteroatoms. The Hall–Kier alpha value is -3.09. The average molecular weight is 461 g/mol. The van der Waals surface area contributed by atoms with Gasteiger partial charge in [-0.25, -0.2) is 4.79 Å². The van der Waals surface area contributed by atoms with Gasteiger partial charge in [-0.1, -0.05) is 60.7 Å². The number of benzene rings is 3. The molecular weight excluding hydrogens is 428 g/mol. The van der Waals surface area contributed by atoms with Crippen LogP contribution in [0.3, 0.4) is 0 Å². The summed E-state index contributed by atoms with van der Waals surface area (Å²) >= 11 is 0. The van der Waals surface area contributed by atoms with Gasteiger partial charge < -0.3 is 24.4 Å². The minimum Gasteiger partial charge on any atom is -0.490 e. The summed E-state index contributed by atoms with van der Waals surface area (Å²) in [5.74, 6) is 1.27. The average Bonchev–Trinajstić information content (AvgIpc) is 3.28. The number of carbonyl (C=O) groups is 1. The fraction of sp³-hybridized carbons (Fsp3) is 0.393. The van der Waals surface area contributed by atoms with Crippen LogP contribution in [-0.4, -0.2) is 66.5 Å². The first-order valence-electron chi connectivity index (χ1n) is 12.2. The van der Waals surface area contributed by atoms with E-state index in [1.807, 2.05) is 24.3 Å². The Morgan fingerprint density at radius 1 is 0.971 bits per heavy atom. The molecule has 0 radical (unpaired) electrons. The first-order valence-corrected chi connectivity index (χ1v) is 12.2. The number of aliphatic hydroxyl groups is 1. The van der Waals surface area contributed by atoms with Crippen LogP contribution in [0.15, 0.2) is 66.7 Å². The van der Waals surface area contributed by atoms with Gasteiger partial charge in [-0.05, 0) is 54.3 Å². The van der Waals surface area contributed by atoms with Crippen molar-refractivity contribution < 1.29 is 19.4 Å². The van der Waals surface area contributed by atoms with Gasteiger partial charge in [0.2, 0.25) is 0 Å². The fourth-order valence-electron chi connectivity index (χ4n) is 5.00. The highest BCUT2D eigenvalue weighted by atomic mass is 16.6. The van der Waals surface area contributed by atoms with E-state index >= 15 is 0 Å². The quantitative estimate of drug-likeness (QED) is 0.540. The number of cyclic esters (lactones) is 1. The number of likely N-dealkylation sites (tertiary alicyclic amines) is 1. The van der Waals surface area contributed by atoms with Crippen LogP contribution >= 0.6 is 0 Å². The molecule has 1 N–H and O–H groups in total. The molecule has 178 valence electrons. The number of ether oxygens (including phenoxy) is 2. The molecule has 2 aliphatic heterocycles. The SMILES string of the molecule is O=C1OCCN1Cc1ccccc1OCC(O)CN1CCC(c2ccc3ccccc3c2)CC1. The summed E-state index contributed by atoms with van der Waals surface area (Å²) in [4.78, 5) is 15.8. The maximum absolute atomic E-state index is 11.8. The Morgan fingerprint density at radius 3 is 2.53 bits per heavy atom. The van der Waals surface area contributed by atoms with Crippen LogP contribution in [0, 0.1) is 0 Å². The first-order chi connectivity index (χ1) is 16.7. The Morgan fingerprint density at radius 2 is 1.74 bits per heavy atom. The number of carbonyl (C=O) groups excluding carboxylic acids is 1. The highest BCUT2D eigenvalue weighted by molar-refractivity contribution is 5.83. The lowest BCUT2D eigenvalue weighted by Crippen LogP contribution is -2.40. The first kappa shape index (κ1) is 22.7. The summed E-state index contributed by atoms with van der Waals surface area (Å²) in [7, 11) is 0. The van der Waals surface area contributed by atoms with E-state index in [-0.39, 0.29) is 12.7 Å². The number of hydrogen-bond acceptors (Lipinski definition) is 5. The van der Waals surface area contributed by atoms with Crippen molar-refractivity contribution in [2.24, 2.45) is 0 Å². The third-order valence-electron chi connectivity index (χ3n) is 6.91. The molecule has 5 rings (SSSR count). The lowest BCUT2D eigenvalue weighted by molar-refractivity contribution is 0.0589. The zero-order valence-electron chi connectivity index (χ0n) is 19.4. The summed E-state index contributed by atoms with van der Waals surface area (Å²) in [6.07, 6.45) is 1.34. The Bertz CT molecular complexity index is 1130. The summed E-state index contributed by atoms with van der Waals surface area (Å²) in [6.45, 7) is 4.25. The molecule has 2 heterocycles. The number of fused-ring (bicyclic) bond motifs is 1. The molecule has 6 nitrogen and oxygen atoms in total. The number of β-amino-alcohol motifs (C(OH)–C–C–N with tert-alkyl or cyclic N) is 1. The van der Waals surface area contributed by atoms with Gasteiger partial charge >= 0.3 is 6.09 Å². The van der Waals surface area contributed by atoms with Gasteiger partial charge in [0, 0.05) is 12.1 Å². The van der Waals surface area contributed by atoms with E-state index in [0.717, 1.165) is 31.5 Å². The van der Waals surface area contributed by atoms with Crippen molar-refractivity contribution in [3.8, 4) is 5.75 Å². The van der Waals surface area contributed by atoms with Crippen molar-refractivity contribution >= 4 is 16.9 Å². The van der Waals surface area contributed by atoms with Gasteiger partial charge in [-0.2, -0.15) is 0 Å². The molecule has 0 aromatic heterocycles. The predicted molar refractivity (Wildman–Crippen MR) is 132 cm³/mol. The molecule has 1 unspecified atom stereocenters. The van der Waals surface area contributed by atoms with Gasteiger partial charge in [0.05, 0.1) is 13.1 Å². The van der Waals surface area contributed by atoms with Crippen molar-refractivity contribution in [2.45, 2.75) is 31.4 Å². The molecule has 2 fully saturated rings. The van der Waals surface area contributed by atoms with Gasteiger partial charge in [0.15, 0.2) is 0 Å². The highest BCUT2D eigenvalue weighted by Gasteiger charge is 2.24. The maximum atomic E-state index is 11.8. The number of amides is 1. The largest absolute Gasteiger partial charge is 0.490 e. The lowest BCUT2D eigenvalue weighted by atomic mass is 9.88. The van der Waals surface area contributed by atoms with Crippen LogP contribution in [0.5, 0.6) is 5.75 Å². The van der Waals surface area contributed by atoms with E-state index in [1.165, 1.54) is 16.3 Å². The second-order valence-electron chi connectivity index (χ2n) is 9.29. The molecule has 0 bridgehead atoms. The number of para-hydroxylation sites is 1. The zero-order valence-corrected chi connectivity index (χ0v) is 19.4. The predicted octanol–water partition coefficient (Wildman–Crippen LogP) is 4.41. The molecule has 3 aromatic rings. The van der Waals surface area contributed by atoms with E-state index < -0.39 is 6.10 Å². The highest BCUT2D eigenvalue weighted by Crippen LogP contribution is 2.30. The third kappa shape index (κ3) is 5.34. The van der Waals surface area contributed by atoms with Gasteiger partial charge in [-0.15, -0.1) is 0 Å². The molecule has 0 spiro atoms. The third-order valence-corrected chi connectivity index (χ3v) is 6.91. The van der Waals surface area contributed by atoms with Crippen LogP contribution in [0.2, 0.25) is 0 Å². The number of nitrogens with zero attached hydrogens (tertiary/aromatic N) is 2. The molecule has 1 atom stereocenters. The van der Waals surface area contributed by atoms with E-state index in [4.69, 9.17) is 9.47 Å². The molecule has 2 aliphatic rings. The topological polar surface area (TPSA) is 62.2 Å². The van der Waals surface area contributed by atoms with Crippen molar-refractivity contribution in [3.63, 3.8) is 0 Å². The van der Waals surface area contributed by atoms with E-state index in [2.05, 4.69) is 47.4 Å². The molecule has 3 aromatic carbocycles. The summed E-state index contributed by atoms with van der Waals surface area (Å²) in [5, 5.41) is 13.2. The molecule has 34 heavy (non-hydrogen) atoms. The smallest absolute Gasteiger partial charge is 0.410 e. The Balaban J connectivity index is 1.10. The van der Waals surface area contributed by atoms with Crippen LogP contribution < -0.4 is 4.74 Å². The van der Waals surface area contributed by atoms with Gasteiger partial charge in [0.25, 0.3) is 0 Å². The summed E-state index contributed by atoms with van der Waals surface area (Å²) in [5.41, 5.74) is 2.34. The minimum absolute atomic E-state index is 0.228. The lowest BCUT2D eigenvalue weighted by Gasteiger charge is -2.33. The Kier molecular flexibility index (Phi) is 6.97. The number of piperidine rings is 1. The number of hydrogen-bond donors (Lipinski definition) is 1.